The van der Waals surface area contributed by atoms with E-state index in [0.29, 0.717) is 12.1 Å². The largest absolute Gasteiger partial charge is 0.373 e. The average molecular weight is 436 g/mol. The first-order chi connectivity index (χ1) is 14.2. The maximum absolute atomic E-state index is 13.0. The molecular weight excluding hydrogens is 409 g/mol. The van der Waals surface area contributed by atoms with Gasteiger partial charge in [0.1, 0.15) is 5.82 Å². The van der Waals surface area contributed by atoms with Crippen molar-refractivity contribution in [1.29, 1.82) is 0 Å². The van der Waals surface area contributed by atoms with Crippen molar-refractivity contribution >= 4 is 21.6 Å². The van der Waals surface area contributed by atoms with Crippen LogP contribution in [0.4, 0.5) is 10.1 Å². The lowest BCUT2D eigenvalue weighted by molar-refractivity contribution is -0.0672. The van der Waals surface area contributed by atoms with Gasteiger partial charge in [-0.15, -0.1) is 0 Å². The Morgan fingerprint density at radius 1 is 1.07 bits per heavy atom. The van der Waals surface area contributed by atoms with Crippen LogP contribution in [0, 0.1) is 5.82 Å². The van der Waals surface area contributed by atoms with E-state index in [1.165, 1.54) is 48.5 Å². The van der Waals surface area contributed by atoms with E-state index in [4.69, 9.17) is 4.74 Å². The topological polar surface area (TPSA) is 87.7 Å². The Labute approximate surface area is 176 Å². The molecule has 2 aromatic rings. The Bertz CT molecular complexity index is 955. The van der Waals surface area contributed by atoms with E-state index < -0.39 is 15.8 Å². The van der Waals surface area contributed by atoms with Crippen LogP contribution in [-0.2, 0) is 14.8 Å². The monoisotopic (exact) mass is 435 g/mol. The van der Waals surface area contributed by atoms with Crippen molar-refractivity contribution in [3.63, 3.8) is 0 Å². The second-order valence-electron chi connectivity index (χ2n) is 7.41. The van der Waals surface area contributed by atoms with Gasteiger partial charge < -0.3 is 10.1 Å². The zero-order valence-electron chi connectivity index (χ0n) is 17.0. The molecule has 1 aliphatic rings. The Morgan fingerprint density at radius 3 is 2.27 bits per heavy atom. The summed E-state index contributed by atoms with van der Waals surface area (Å²) in [6.07, 6.45) is 0.338. The van der Waals surface area contributed by atoms with Crippen LogP contribution in [0.25, 0.3) is 0 Å². The van der Waals surface area contributed by atoms with Gasteiger partial charge in [0.05, 0.1) is 17.1 Å². The molecule has 1 amide bonds. The highest BCUT2D eigenvalue weighted by atomic mass is 32.2. The number of amides is 1. The molecular formula is C21H26FN3O4S. The summed E-state index contributed by atoms with van der Waals surface area (Å²) in [6.45, 7) is 6.92. The number of nitrogens with zero attached hydrogens (tertiary/aromatic N) is 1. The molecule has 30 heavy (non-hydrogen) atoms. The van der Waals surface area contributed by atoms with Gasteiger partial charge in [0.25, 0.3) is 15.9 Å². The van der Waals surface area contributed by atoms with Gasteiger partial charge in [-0.3, -0.25) is 14.4 Å². The minimum absolute atomic E-state index is 0.0136. The lowest BCUT2D eigenvalue weighted by atomic mass is 10.2. The molecule has 2 aromatic carbocycles. The fourth-order valence-corrected chi connectivity index (χ4v) is 4.47. The number of sulfonamides is 1. The quantitative estimate of drug-likeness (QED) is 0.698. The fraction of sp³-hybridized carbons (Fsp3) is 0.381. The number of hydrogen-bond donors (Lipinski definition) is 2. The van der Waals surface area contributed by atoms with Gasteiger partial charge in [0, 0.05) is 37.4 Å². The van der Waals surface area contributed by atoms with Crippen LogP contribution in [0.3, 0.4) is 0 Å². The van der Waals surface area contributed by atoms with Gasteiger partial charge in [-0.2, -0.15) is 0 Å². The summed E-state index contributed by atoms with van der Waals surface area (Å²) in [5.74, 6) is -0.717. The summed E-state index contributed by atoms with van der Waals surface area (Å²) in [6, 6.07) is 10.7. The molecule has 7 nitrogen and oxygen atoms in total. The number of rotatable bonds is 7. The first-order valence-electron chi connectivity index (χ1n) is 9.77. The molecule has 0 bridgehead atoms. The summed E-state index contributed by atoms with van der Waals surface area (Å²) in [5, 5.41) is 2.86. The van der Waals surface area contributed by atoms with Gasteiger partial charge in [-0.05, 0) is 62.4 Å². The van der Waals surface area contributed by atoms with Crippen LogP contribution < -0.4 is 10.0 Å². The van der Waals surface area contributed by atoms with Crippen LogP contribution >= 0.6 is 0 Å². The summed E-state index contributed by atoms with van der Waals surface area (Å²) in [4.78, 5) is 14.6. The van der Waals surface area contributed by atoms with Crippen molar-refractivity contribution in [2.75, 3.05) is 30.9 Å². The third-order valence-corrected chi connectivity index (χ3v) is 6.13. The molecule has 1 aliphatic heterocycles. The van der Waals surface area contributed by atoms with Crippen LogP contribution in [-0.4, -0.2) is 57.6 Å². The zero-order valence-corrected chi connectivity index (χ0v) is 17.8. The SMILES string of the molecule is CC1CN(CCNC(=O)c2ccc(S(=O)(=O)Nc3ccc(F)cc3)cc2)CC(C)O1. The molecule has 0 aliphatic carbocycles. The summed E-state index contributed by atoms with van der Waals surface area (Å²) in [7, 11) is -3.83. The molecule has 1 heterocycles. The second-order valence-corrected chi connectivity index (χ2v) is 9.09. The highest BCUT2D eigenvalue weighted by molar-refractivity contribution is 7.92. The number of halogens is 1. The van der Waals surface area contributed by atoms with Crippen molar-refractivity contribution in [1.82, 2.24) is 10.2 Å². The molecule has 2 unspecified atom stereocenters. The summed E-state index contributed by atoms with van der Waals surface area (Å²) >= 11 is 0. The third-order valence-electron chi connectivity index (χ3n) is 4.73. The minimum atomic E-state index is -3.83. The van der Waals surface area contributed by atoms with Crippen LogP contribution in [0.1, 0.15) is 24.2 Å². The van der Waals surface area contributed by atoms with Crippen molar-refractivity contribution < 1.29 is 22.3 Å². The molecule has 1 fully saturated rings. The molecule has 9 heteroatoms. The first kappa shape index (κ1) is 22.2. The highest BCUT2D eigenvalue weighted by Crippen LogP contribution is 2.17. The highest BCUT2D eigenvalue weighted by Gasteiger charge is 2.22. The van der Waals surface area contributed by atoms with E-state index in [1.54, 1.807) is 0 Å². The van der Waals surface area contributed by atoms with E-state index in [0.717, 1.165) is 19.6 Å². The van der Waals surface area contributed by atoms with Crippen LogP contribution in [0.15, 0.2) is 53.4 Å². The number of morpholine rings is 1. The Kier molecular flexibility index (Phi) is 7.06. The van der Waals surface area contributed by atoms with Crippen molar-refractivity contribution in [3.05, 3.63) is 59.9 Å². The predicted octanol–water partition coefficient (Wildman–Crippen LogP) is 2.47. The Hall–Kier alpha value is -2.49. The number of nitrogens with one attached hydrogen (secondary N) is 2. The van der Waals surface area contributed by atoms with Crippen LogP contribution in [0.5, 0.6) is 0 Å². The number of ether oxygens (including phenoxy) is 1. The smallest absolute Gasteiger partial charge is 0.261 e. The van der Waals surface area contributed by atoms with E-state index in [9.17, 15) is 17.6 Å². The summed E-state index contributed by atoms with van der Waals surface area (Å²) < 4.78 is 45.9. The molecule has 0 aromatic heterocycles. The number of carbonyl (C=O) groups excluding carboxylic acids is 1. The van der Waals surface area contributed by atoms with Crippen molar-refractivity contribution in [2.24, 2.45) is 0 Å². The van der Waals surface area contributed by atoms with Crippen molar-refractivity contribution in [2.45, 2.75) is 31.0 Å². The molecule has 1 saturated heterocycles. The Balaban J connectivity index is 1.54. The Morgan fingerprint density at radius 2 is 1.67 bits per heavy atom. The molecule has 3 rings (SSSR count). The molecule has 162 valence electrons. The van der Waals surface area contributed by atoms with Crippen LogP contribution in [0.2, 0.25) is 0 Å². The third kappa shape index (κ3) is 6.01. The van der Waals surface area contributed by atoms with Gasteiger partial charge in [0.2, 0.25) is 0 Å². The van der Waals surface area contributed by atoms with E-state index >= 15 is 0 Å². The van der Waals surface area contributed by atoms with E-state index in [2.05, 4.69) is 14.9 Å². The molecule has 0 radical (unpaired) electrons. The minimum Gasteiger partial charge on any atom is -0.373 e. The lowest BCUT2D eigenvalue weighted by Crippen LogP contribution is -2.47. The van der Waals surface area contributed by atoms with Gasteiger partial charge >= 0.3 is 0 Å². The summed E-state index contributed by atoms with van der Waals surface area (Å²) in [5.41, 5.74) is 0.629. The first-order valence-corrected chi connectivity index (χ1v) is 11.3. The van der Waals surface area contributed by atoms with E-state index in [1.807, 2.05) is 13.8 Å². The average Bonchev–Trinajstić information content (AvgIpc) is 2.69. The molecule has 2 atom stereocenters. The zero-order chi connectivity index (χ0) is 21.7. The van der Waals surface area contributed by atoms with Gasteiger partial charge in [-0.1, -0.05) is 0 Å². The van der Waals surface area contributed by atoms with Gasteiger partial charge in [-0.25, -0.2) is 12.8 Å². The number of hydrogen-bond acceptors (Lipinski definition) is 5. The second kappa shape index (κ2) is 9.55. The normalized spacial score (nSPS) is 20.0. The molecule has 2 N–H and O–H groups in total. The molecule has 0 spiro atoms. The maximum atomic E-state index is 13.0. The predicted molar refractivity (Wildman–Crippen MR) is 112 cm³/mol. The standard InChI is InChI=1S/C21H26FN3O4S/c1-15-13-25(14-16(2)29-15)12-11-23-21(26)17-3-9-20(10-4-17)30(27,28)24-19-7-5-18(22)6-8-19/h3-10,15-16,24H,11-14H2,1-2H3,(H,23,26). The number of carbonyl (C=O) groups is 1. The van der Waals surface area contributed by atoms with Gasteiger partial charge in [0.15, 0.2) is 0 Å². The maximum Gasteiger partial charge on any atom is 0.261 e. The van der Waals surface area contributed by atoms with Crippen molar-refractivity contribution in [3.8, 4) is 0 Å². The fourth-order valence-electron chi connectivity index (χ4n) is 3.41. The van der Waals surface area contributed by atoms with E-state index in [-0.39, 0.29) is 28.7 Å². The lowest BCUT2D eigenvalue weighted by Gasteiger charge is -2.35. The number of benzene rings is 2. The molecule has 0 saturated carbocycles. The number of anilines is 1.